The van der Waals surface area contributed by atoms with Crippen molar-refractivity contribution in [3.8, 4) is 16.5 Å². The predicted octanol–water partition coefficient (Wildman–Crippen LogP) is 4.84. The van der Waals surface area contributed by atoms with E-state index in [-0.39, 0.29) is 36.0 Å². The number of aryl methyl sites for hydroxylation is 1. The highest BCUT2D eigenvalue weighted by Gasteiger charge is 2.48. The number of aromatic nitrogens is 1. The maximum Gasteiger partial charge on any atom is 0.153 e. The van der Waals surface area contributed by atoms with Gasteiger partial charge in [0.05, 0.1) is 38.6 Å². The van der Waals surface area contributed by atoms with Gasteiger partial charge in [0.2, 0.25) is 0 Å². The van der Waals surface area contributed by atoms with Crippen molar-refractivity contribution in [1.82, 2.24) is 4.98 Å². The van der Waals surface area contributed by atoms with Crippen LogP contribution in [0.3, 0.4) is 0 Å². The Morgan fingerprint density at radius 3 is 2.54 bits per heavy atom. The molecule has 3 atom stereocenters. The summed E-state index contributed by atoms with van der Waals surface area (Å²) in [5, 5.41) is 10.4. The van der Waals surface area contributed by atoms with Gasteiger partial charge in [0, 0.05) is 37.0 Å². The van der Waals surface area contributed by atoms with Gasteiger partial charge < -0.3 is 4.90 Å². The van der Waals surface area contributed by atoms with E-state index in [0.717, 1.165) is 39.7 Å². The largest absolute Gasteiger partial charge is 0.369 e. The molecule has 2 aromatic rings. The second-order valence-electron chi connectivity index (χ2n) is 10.3. The smallest absolute Gasteiger partial charge is 0.153 e. The van der Waals surface area contributed by atoms with Crippen molar-refractivity contribution in [3.63, 3.8) is 0 Å². The van der Waals surface area contributed by atoms with E-state index in [1.165, 1.54) is 0 Å². The molecule has 5 rings (SSSR count). The Kier molecular flexibility index (Phi) is 6.47. The molecule has 0 spiro atoms. The minimum Gasteiger partial charge on any atom is -0.369 e. The maximum absolute atomic E-state index is 14.4. The molecular weight excluding hydrogens is 485 g/mol. The van der Waals surface area contributed by atoms with Gasteiger partial charge in [-0.25, -0.2) is 17.8 Å². The Balaban J connectivity index is 1.40. The van der Waals surface area contributed by atoms with Crippen LogP contribution in [0.15, 0.2) is 24.3 Å². The first-order chi connectivity index (χ1) is 16.7. The van der Waals surface area contributed by atoms with Crippen LogP contribution in [-0.4, -0.2) is 50.0 Å². The molecule has 2 saturated carbocycles. The minimum absolute atomic E-state index is 0.00315. The number of alkyl halides is 1. The van der Waals surface area contributed by atoms with Crippen LogP contribution in [0.25, 0.3) is 10.4 Å². The van der Waals surface area contributed by atoms with Crippen LogP contribution in [0.1, 0.15) is 55.1 Å². The number of anilines is 1. The number of thiazole rings is 1. The first-order valence-electron chi connectivity index (χ1n) is 12.3. The molecule has 186 valence electrons. The quantitative estimate of drug-likeness (QED) is 0.547. The molecule has 35 heavy (non-hydrogen) atoms. The molecule has 1 aromatic heterocycles. The number of Topliss-reactive ketones (excluding diaryl/α,β-unsaturated/α-hetero) is 1. The van der Waals surface area contributed by atoms with Crippen LogP contribution in [0.2, 0.25) is 0 Å². The molecule has 0 bridgehead atoms. The highest BCUT2D eigenvalue weighted by molar-refractivity contribution is 7.91. The molecular formula is C26H30FN3O3S2. The molecule has 0 unspecified atom stereocenters. The number of carbonyl (C=O) groups is 1. The Hall–Kier alpha value is -2.31. The van der Waals surface area contributed by atoms with Crippen molar-refractivity contribution in [1.29, 1.82) is 5.26 Å². The van der Waals surface area contributed by atoms with Gasteiger partial charge in [0.15, 0.2) is 9.84 Å². The van der Waals surface area contributed by atoms with E-state index in [9.17, 15) is 22.9 Å². The first kappa shape index (κ1) is 24.4. The van der Waals surface area contributed by atoms with Gasteiger partial charge in [-0.2, -0.15) is 5.26 Å². The Morgan fingerprint density at radius 1 is 1.23 bits per heavy atom. The summed E-state index contributed by atoms with van der Waals surface area (Å²) in [6, 6.07) is 10.4. The first-order valence-corrected chi connectivity index (χ1v) is 14.9. The number of halogens is 1. The molecule has 2 heterocycles. The molecule has 0 radical (unpaired) electrons. The zero-order valence-corrected chi connectivity index (χ0v) is 21.5. The summed E-state index contributed by atoms with van der Waals surface area (Å²) in [5.41, 5.74) is 2.33. The van der Waals surface area contributed by atoms with Crippen molar-refractivity contribution in [2.24, 2.45) is 11.3 Å². The molecule has 1 aromatic carbocycles. The van der Waals surface area contributed by atoms with Gasteiger partial charge in [-0.15, -0.1) is 11.3 Å². The number of carbonyl (C=O) groups excluding carboxylic acids is 1. The van der Waals surface area contributed by atoms with Crippen molar-refractivity contribution in [2.45, 2.75) is 57.5 Å². The van der Waals surface area contributed by atoms with Crippen molar-refractivity contribution in [2.75, 3.05) is 29.5 Å². The zero-order chi connectivity index (χ0) is 24.8. The van der Waals surface area contributed by atoms with Crippen molar-refractivity contribution >= 4 is 32.6 Å². The lowest BCUT2D eigenvalue weighted by molar-refractivity contribution is -0.126. The number of hydrogen-bond acceptors (Lipinski definition) is 7. The molecule has 1 saturated heterocycles. The highest BCUT2D eigenvalue weighted by Crippen LogP contribution is 2.51. The Bertz CT molecular complexity index is 1250. The SMILES string of the molecule is Cc1nc([C@@H]2CC[C@H](F)C[C@H]2C(=O)CC2(C#N)CC2)c(-c2ccc(N3CCS(=O)(=O)CC3)cc2)s1. The fourth-order valence-corrected chi connectivity index (χ4v) is 7.64. The van der Waals surface area contributed by atoms with Crippen LogP contribution in [0, 0.1) is 29.6 Å². The van der Waals surface area contributed by atoms with Gasteiger partial charge in [0.1, 0.15) is 12.0 Å². The minimum atomic E-state index is -2.94. The number of ketones is 1. The maximum atomic E-state index is 14.4. The predicted molar refractivity (Wildman–Crippen MR) is 135 cm³/mol. The number of sulfone groups is 1. The van der Waals surface area contributed by atoms with E-state index >= 15 is 0 Å². The van der Waals surface area contributed by atoms with Gasteiger partial charge >= 0.3 is 0 Å². The Labute approximate surface area is 210 Å². The summed E-state index contributed by atoms with van der Waals surface area (Å²) in [7, 11) is -2.94. The number of rotatable bonds is 6. The molecule has 1 aliphatic heterocycles. The van der Waals surface area contributed by atoms with Crippen LogP contribution >= 0.6 is 11.3 Å². The van der Waals surface area contributed by atoms with E-state index in [1.807, 2.05) is 31.2 Å². The topological polar surface area (TPSA) is 91.1 Å². The lowest BCUT2D eigenvalue weighted by Crippen LogP contribution is -2.40. The standard InChI is InChI=1S/C26H30FN3O3S2/c1-17-29-24(21-7-4-19(27)14-22(21)23(31)15-26(16-28)8-9-26)25(34-17)18-2-5-20(6-3-18)30-10-12-35(32,33)13-11-30/h2-3,5-6,19,21-22H,4,7-15H2,1H3/t19-,21+,22+/m0/s1. The zero-order valence-electron chi connectivity index (χ0n) is 19.9. The van der Waals surface area contributed by atoms with Gasteiger partial charge in [-0.3, -0.25) is 4.79 Å². The van der Waals surface area contributed by atoms with Crippen LogP contribution < -0.4 is 4.90 Å². The summed E-state index contributed by atoms with van der Waals surface area (Å²) in [5.74, 6) is -0.238. The fourth-order valence-electron chi connectivity index (χ4n) is 5.44. The van der Waals surface area contributed by atoms with Crippen molar-refractivity contribution < 1.29 is 17.6 Å². The van der Waals surface area contributed by atoms with E-state index in [1.54, 1.807) is 11.3 Å². The molecule has 0 N–H and O–H groups in total. The highest BCUT2D eigenvalue weighted by atomic mass is 32.2. The molecule has 3 aliphatic rings. The summed E-state index contributed by atoms with van der Waals surface area (Å²) in [6.07, 6.45) is 1.93. The molecule has 6 nitrogen and oxygen atoms in total. The number of benzene rings is 1. The fraction of sp³-hybridized carbons (Fsp3) is 0.577. The second-order valence-corrected chi connectivity index (χ2v) is 13.8. The van der Waals surface area contributed by atoms with Crippen LogP contribution in [0.4, 0.5) is 10.1 Å². The second kappa shape index (κ2) is 9.29. The van der Waals surface area contributed by atoms with E-state index in [4.69, 9.17) is 4.98 Å². The van der Waals surface area contributed by atoms with E-state index in [2.05, 4.69) is 11.0 Å². The number of nitrogens with zero attached hydrogens (tertiary/aromatic N) is 3. The average molecular weight is 516 g/mol. The molecule has 2 aliphatic carbocycles. The van der Waals surface area contributed by atoms with Crippen LogP contribution in [-0.2, 0) is 14.6 Å². The van der Waals surface area contributed by atoms with E-state index in [0.29, 0.717) is 25.9 Å². The summed E-state index contributed by atoms with van der Waals surface area (Å²) < 4.78 is 37.9. The van der Waals surface area contributed by atoms with E-state index < -0.39 is 27.3 Å². The molecule has 3 fully saturated rings. The summed E-state index contributed by atoms with van der Waals surface area (Å²) in [4.78, 5) is 21.2. The normalized spacial score (nSPS) is 27.2. The average Bonchev–Trinajstić information content (AvgIpc) is 3.51. The lowest BCUT2D eigenvalue weighted by atomic mass is 9.72. The third-order valence-corrected chi connectivity index (χ3v) is 10.4. The van der Waals surface area contributed by atoms with Gasteiger partial charge in [-0.1, -0.05) is 12.1 Å². The summed E-state index contributed by atoms with van der Waals surface area (Å²) in [6.45, 7) is 2.94. The third kappa shape index (κ3) is 5.14. The lowest BCUT2D eigenvalue weighted by Gasteiger charge is -2.32. The third-order valence-electron chi connectivity index (χ3n) is 7.75. The molecule has 0 amide bonds. The monoisotopic (exact) mass is 515 g/mol. The van der Waals surface area contributed by atoms with Gasteiger partial charge in [-0.05, 0) is 56.7 Å². The van der Waals surface area contributed by atoms with Crippen LogP contribution in [0.5, 0.6) is 0 Å². The summed E-state index contributed by atoms with van der Waals surface area (Å²) >= 11 is 1.59. The Morgan fingerprint density at radius 2 is 1.91 bits per heavy atom. The molecule has 9 heteroatoms. The number of nitriles is 1. The van der Waals surface area contributed by atoms with Gasteiger partial charge in [0.25, 0.3) is 0 Å². The number of hydrogen-bond donors (Lipinski definition) is 0. The van der Waals surface area contributed by atoms with Crippen molar-refractivity contribution in [3.05, 3.63) is 35.0 Å².